The highest BCUT2D eigenvalue weighted by Gasteiger charge is 2.51. The Bertz CT molecular complexity index is 599. The molecule has 1 aliphatic rings. The van der Waals surface area contributed by atoms with Gasteiger partial charge >= 0.3 is 8.32 Å². The molecule has 3 nitrogen and oxygen atoms in total. The number of hydrogen-bond donors (Lipinski definition) is 1. The summed E-state index contributed by atoms with van der Waals surface area (Å²) in [5, 5.41) is -0.289. The summed E-state index contributed by atoms with van der Waals surface area (Å²) in [6, 6.07) is 3.33. The van der Waals surface area contributed by atoms with Gasteiger partial charge in [0.15, 0.2) is 11.6 Å². The van der Waals surface area contributed by atoms with Crippen molar-refractivity contribution in [2.24, 2.45) is 11.7 Å². The van der Waals surface area contributed by atoms with E-state index in [4.69, 9.17) is 21.8 Å². The fourth-order valence-electron chi connectivity index (χ4n) is 2.23. The normalized spacial score (nSPS) is 17.9. The van der Waals surface area contributed by atoms with Gasteiger partial charge in [-0.05, 0) is 48.4 Å². The molecule has 0 unspecified atom stereocenters. The molecule has 1 saturated carbocycles. The third-order valence-corrected chi connectivity index (χ3v) is 9.25. The van der Waals surface area contributed by atoms with Gasteiger partial charge in [-0.1, -0.05) is 38.4 Å². The number of benzene rings is 1. The predicted molar refractivity (Wildman–Crippen MR) is 89.4 cm³/mol. The zero-order valence-corrected chi connectivity index (χ0v) is 15.3. The molecular formula is C16H23ClFNO2Si. The lowest BCUT2D eigenvalue weighted by molar-refractivity contribution is 0.259. The third kappa shape index (κ3) is 3.30. The molecule has 2 N–H and O–H groups in total. The van der Waals surface area contributed by atoms with E-state index in [0.717, 1.165) is 12.8 Å². The minimum atomic E-state index is -3.06. The molecule has 2 rings (SSSR count). The maximum absolute atomic E-state index is 14.8. The Morgan fingerprint density at radius 1 is 1.45 bits per heavy atom. The molecule has 0 heterocycles. The minimum absolute atomic E-state index is 0.0253. The summed E-state index contributed by atoms with van der Waals surface area (Å²) >= 11 is 6.12. The number of primary amides is 1. The second kappa shape index (κ2) is 5.85. The molecule has 1 aromatic rings. The molecule has 1 amide bonds. The maximum atomic E-state index is 14.8. The number of amides is 1. The summed E-state index contributed by atoms with van der Waals surface area (Å²) in [4.78, 5) is 12.0. The van der Waals surface area contributed by atoms with E-state index in [2.05, 4.69) is 0 Å². The standard InChI is InChI=1S/C16H23ClFNO2Si/c1-16(2,3)22(4,15(19)20)21-14-12(17)8-7-11(13(14)18)9-10-5-6-10/h7-8,10H,5-6,9H2,1-4H3,(H2,19,20)/t22-/m0/s1. The van der Waals surface area contributed by atoms with Gasteiger partial charge in [-0.2, -0.15) is 0 Å². The average Bonchev–Trinajstić information content (AvgIpc) is 3.20. The van der Waals surface area contributed by atoms with Crippen molar-refractivity contribution in [1.82, 2.24) is 0 Å². The zero-order chi connectivity index (χ0) is 16.7. The number of halogens is 2. The summed E-state index contributed by atoms with van der Waals surface area (Å²) < 4.78 is 20.7. The van der Waals surface area contributed by atoms with Gasteiger partial charge in [-0.15, -0.1) is 0 Å². The van der Waals surface area contributed by atoms with Crippen LogP contribution in [0.3, 0.4) is 0 Å². The van der Waals surface area contributed by atoms with Gasteiger partial charge < -0.3 is 10.2 Å². The number of carbonyl (C=O) groups is 1. The zero-order valence-electron chi connectivity index (χ0n) is 13.5. The van der Waals surface area contributed by atoms with Crippen molar-refractivity contribution >= 4 is 25.4 Å². The van der Waals surface area contributed by atoms with Gasteiger partial charge in [-0.3, -0.25) is 4.79 Å². The molecule has 0 spiro atoms. The minimum Gasteiger partial charge on any atom is -0.530 e. The van der Waals surface area contributed by atoms with Crippen molar-refractivity contribution in [3.63, 3.8) is 0 Å². The second-order valence-electron chi connectivity index (χ2n) is 7.25. The van der Waals surface area contributed by atoms with Gasteiger partial charge in [0.05, 0.1) is 5.02 Å². The van der Waals surface area contributed by atoms with Crippen molar-refractivity contribution in [3.05, 3.63) is 28.5 Å². The van der Waals surface area contributed by atoms with Crippen molar-refractivity contribution in [2.75, 3.05) is 0 Å². The van der Waals surface area contributed by atoms with Crippen LogP contribution >= 0.6 is 11.6 Å². The highest BCUT2D eigenvalue weighted by molar-refractivity contribution is 7.02. The van der Waals surface area contributed by atoms with Crippen molar-refractivity contribution < 1.29 is 13.6 Å². The quantitative estimate of drug-likeness (QED) is 0.777. The molecule has 0 radical (unpaired) electrons. The molecule has 22 heavy (non-hydrogen) atoms. The molecule has 0 bridgehead atoms. The van der Waals surface area contributed by atoms with Crippen molar-refractivity contribution in [2.45, 2.75) is 51.6 Å². The fourth-order valence-corrected chi connectivity index (χ4v) is 4.24. The monoisotopic (exact) mass is 343 g/mol. The molecule has 6 heteroatoms. The number of nitrogens with two attached hydrogens (primary N) is 1. The molecule has 122 valence electrons. The Kier molecular flexibility index (Phi) is 4.60. The Morgan fingerprint density at radius 2 is 2.05 bits per heavy atom. The topological polar surface area (TPSA) is 52.3 Å². The van der Waals surface area contributed by atoms with E-state index in [0.29, 0.717) is 17.9 Å². The Labute approximate surface area is 137 Å². The van der Waals surface area contributed by atoms with Gasteiger partial charge in [0.2, 0.25) is 5.53 Å². The summed E-state index contributed by atoms with van der Waals surface area (Å²) in [6.07, 6.45) is 2.95. The van der Waals surface area contributed by atoms with E-state index < -0.39 is 24.7 Å². The first-order valence-corrected chi connectivity index (χ1v) is 10.3. The molecule has 1 fully saturated rings. The smallest absolute Gasteiger partial charge is 0.349 e. The number of hydrogen-bond acceptors (Lipinski definition) is 2. The van der Waals surface area contributed by atoms with Crippen LogP contribution < -0.4 is 10.2 Å². The second-order valence-corrected chi connectivity index (χ2v) is 11.9. The highest BCUT2D eigenvalue weighted by Crippen LogP contribution is 2.42. The Morgan fingerprint density at radius 3 is 2.50 bits per heavy atom. The van der Waals surface area contributed by atoms with Crippen LogP contribution in [-0.2, 0) is 6.42 Å². The lowest BCUT2D eigenvalue weighted by atomic mass is 10.1. The largest absolute Gasteiger partial charge is 0.530 e. The van der Waals surface area contributed by atoms with Crippen molar-refractivity contribution in [1.29, 1.82) is 0 Å². The third-order valence-electron chi connectivity index (χ3n) is 4.54. The molecule has 1 atom stereocenters. The Balaban J connectivity index is 2.40. The van der Waals surface area contributed by atoms with Crippen LogP contribution in [0.15, 0.2) is 12.1 Å². The van der Waals surface area contributed by atoms with Crippen molar-refractivity contribution in [3.8, 4) is 5.75 Å². The van der Waals surface area contributed by atoms with Crippen LogP contribution in [0.5, 0.6) is 5.75 Å². The van der Waals surface area contributed by atoms with Crippen LogP contribution in [0.4, 0.5) is 9.18 Å². The summed E-state index contributed by atoms with van der Waals surface area (Å²) in [6.45, 7) is 7.34. The summed E-state index contributed by atoms with van der Waals surface area (Å²) in [7, 11) is -3.06. The maximum Gasteiger partial charge on any atom is 0.349 e. The molecular weight excluding hydrogens is 321 g/mol. The van der Waals surface area contributed by atoms with Gasteiger partial charge in [0.25, 0.3) is 0 Å². The number of carbonyl (C=O) groups excluding carboxylic acids is 1. The number of rotatable bonds is 5. The fraction of sp³-hybridized carbons (Fsp3) is 0.562. The first kappa shape index (κ1) is 17.3. The summed E-state index contributed by atoms with van der Waals surface area (Å²) in [5.74, 6) is 0.0669. The van der Waals surface area contributed by atoms with E-state index in [-0.39, 0.29) is 10.8 Å². The molecule has 0 saturated heterocycles. The van der Waals surface area contributed by atoms with Crippen LogP contribution in [0.25, 0.3) is 0 Å². The van der Waals surface area contributed by atoms with E-state index >= 15 is 0 Å². The van der Waals surface area contributed by atoms with E-state index in [9.17, 15) is 9.18 Å². The van der Waals surface area contributed by atoms with Gasteiger partial charge in [0, 0.05) is 0 Å². The summed E-state index contributed by atoms with van der Waals surface area (Å²) in [5.41, 5.74) is 5.65. The first-order chi connectivity index (χ1) is 10.1. The molecule has 1 aliphatic carbocycles. The highest BCUT2D eigenvalue weighted by atomic mass is 35.5. The lowest BCUT2D eigenvalue weighted by Crippen LogP contribution is -2.57. The predicted octanol–water partition coefficient (Wildman–Crippen LogP) is 4.85. The molecule has 0 aliphatic heterocycles. The molecule has 0 aromatic heterocycles. The lowest BCUT2D eigenvalue weighted by Gasteiger charge is -2.36. The van der Waals surface area contributed by atoms with E-state index in [1.165, 1.54) is 0 Å². The van der Waals surface area contributed by atoms with Gasteiger partial charge in [-0.25, -0.2) is 4.39 Å². The van der Waals surface area contributed by atoms with Crippen LogP contribution in [0.2, 0.25) is 16.6 Å². The van der Waals surface area contributed by atoms with Crippen LogP contribution in [0, 0.1) is 11.7 Å². The molecule has 1 aromatic carbocycles. The van der Waals surface area contributed by atoms with Gasteiger partial charge in [0.1, 0.15) is 0 Å². The van der Waals surface area contributed by atoms with E-state index in [1.54, 1.807) is 18.7 Å². The SMILES string of the molecule is CC(C)(C)[Si@@](C)(Oc1c(Cl)ccc(CC2CC2)c1F)C(N)=O. The first-order valence-electron chi connectivity index (χ1n) is 7.52. The van der Waals surface area contributed by atoms with Crippen LogP contribution in [0.1, 0.15) is 39.2 Å². The Hall–Kier alpha value is -1.07. The average molecular weight is 344 g/mol. The van der Waals surface area contributed by atoms with E-state index in [1.807, 2.05) is 20.8 Å². The van der Waals surface area contributed by atoms with Crippen LogP contribution in [-0.4, -0.2) is 13.8 Å².